The largest absolute Gasteiger partial charge is 0.462 e. The van der Waals surface area contributed by atoms with Gasteiger partial charge in [0.25, 0.3) is 0 Å². The van der Waals surface area contributed by atoms with Crippen LogP contribution in [-0.2, 0) is 28.6 Å². The number of rotatable bonds is 65. The van der Waals surface area contributed by atoms with Crippen LogP contribution in [0.3, 0.4) is 0 Å². The molecule has 0 aliphatic carbocycles. The van der Waals surface area contributed by atoms with E-state index < -0.39 is 6.10 Å². The Bertz CT molecular complexity index is 1550. The minimum atomic E-state index is -0.782. The molecule has 0 radical (unpaired) electrons. The Morgan fingerprint density at radius 3 is 0.768 bits per heavy atom. The smallest absolute Gasteiger partial charge is 0.306 e. The molecule has 6 heteroatoms. The summed E-state index contributed by atoms with van der Waals surface area (Å²) in [6.45, 7) is 6.54. The lowest BCUT2D eigenvalue weighted by Crippen LogP contribution is -2.30. The van der Waals surface area contributed by atoms with Crippen LogP contribution in [0, 0.1) is 0 Å². The van der Waals surface area contributed by atoms with E-state index in [0.717, 1.165) is 109 Å². The van der Waals surface area contributed by atoms with Crippen molar-refractivity contribution in [2.24, 2.45) is 0 Å². The quantitative estimate of drug-likeness (QED) is 0.0261. The first-order valence-electron chi connectivity index (χ1n) is 35.6. The number of unbranched alkanes of at least 4 members (excludes halogenated alkanes) is 40. The molecule has 1 atom stereocenters. The van der Waals surface area contributed by atoms with Gasteiger partial charge in [-0.05, 0) is 96.3 Å². The average molecular weight is 1140 g/mol. The molecule has 0 saturated carbocycles. The fourth-order valence-corrected chi connectivity index (χ4v) is 10.3. The summed E-state index contributed by atoms with van der Waals surface area (Å²) in [5, 5.41) is 0. The lowest BCUT2D eigenvalue weighted by atomic mass is 10.0. The summed E-state index contributed by atoms with van der Waals surface area (Å²) in [5.41, 5.74) is 0. The van der Waals surface area contributed by atoms with E-state index >= 15 is 0 Å². The van der Waals surface area contributed by atoms with E-state index in [1.165, 1.54) is 212 Å². The number of esters is 3. The first-order chi connectivity index (χ1) is 40.5. The van der Waals surface area contributed by atoms with Gasteiger partial charge in [0.1, 0.15) is 13.2 Å². The minimum Gasteiger partial charge on any atom is -0.462 e. The second kappa shape index (κ2) is 70.1. The second-order valence-corrected chi connectivity index (χ2v) is 23.8. The SMILES string of the molecule is CC/C=C\C/C=C\C/C=C\C/C=C\CCCCCCCCCCCCCCCCCCCCC(=O)OCC(COC(=O)CCCCCCCCCCCCCCCC)OC(=O)CCCCCCCC/C=C\C/C=C\C/C=C\CCCCC. The number of hydrogen-bond acceptors (Lipinski definition) is 6. The van der Waals surface area contributed by atoms with E-state index in [2.05, 4.69) is 106 Å². The van der Waals surface area contributed by atoms with Crippen LogP contribution in [0.1, 0.15) is 361 Å². The zero-order valence-corrected chi connectivity index (χ0v) is 54.5. The molecule has 0 aromatic heterocycles. The third kappa shape index (κ3) is 67.4. The fraction of sp³-hybridized carbons (Fsp3) is 0.776. The van der Waals surface area contributed by atoms with Gasteiger partial charge in [0.05, 0.1) is 0 Å². The molecule has 6 nitrogen and oxygen atoms in total. The summed E-state index contributed by atoms with van der Waals surface area (Å²) in [5.74, 6) is -0.867. The summed E-state index contributed by atoms with van der Waals surface area (Å²) >= 11 is 0. The highest BCUT2D eigenvalue weighted by Gasteiger charge is 2.19. The zero-order chi connectivity index (χ0) is 59.2. The normalized spacial score (nSPS) is 12.6. The van der Waals surface area contributed by atoms with Crippen molar-refractivity contribution in [1.29, 1.82) is 0 Å². The van der Waals surface area contributed by atoms with Gasteiger partial charge in [0, 0.05) is 19.3 Å². The van der Waals surface area contributed by atoms with Crippen molar-refractivity contribution in [1.82, 2.24) is 0 Å². The molecular weight excluding hydrogens is 1010 g/mol. The van der Waals surface area contributed by atoms with Crippen molar-refractivity contribution >= 4 is 17.9 Å². The van der Waals surface area contributed by atoms with Gasteiger partial charge in [-0.1, -0.05) is 331 Å². The number of carbonyl (C=O) groups is 3. The molecule has 0 bridgehead atoms. The Balaban J connectivity index is 4.22. The van der Waals surface area contributed by atoms with E-state index in [1.54, 1.807) is 0 Å². The molecule has 0 rings (SSSR count). The molecule has 1 unspecified atom stereocenters. The van der Waals surface area contributed by atoms with Crippen LogP contribution < -0.4 is 0 Å². The van der Waals surface area contributed by atoms with Crippen molar-refractivity contribution in [3.05, 3.63) is 85.1 Å². The summed E-state index contributed by atoms with van der Waals surface area (Å²) in [6, 6.07) is 0. The predicted molar refractivity (Wildman–Crippen MR) is 358 cm³/mol. The van der Waals surface area contributed by atoms with Crippen molar-refractivity contribution in [3.8, 4) is 0 Å². The lowest BCUT2D eigenvalue weighted by Gasteiger charge is -2.18. The summed E-state index contributed by atoms with van der Waals surface area (Å²) in [7, 11) is 0. The fourth-order valence-electron chi connectivity index (χ4n) is 10.3. The van der Waals surface area contributed by atoms with Crippen LogP contribution in [-0.4, -0.2) is 37.2 Å². The van der Waals surface area contributed by atoms with Crippen LogP contribution in [0.15, 0.2) is 85.1 Å². The highest BCUT2D eigenvalue weighted by atomic mass is 16.6. The molecule has 0 amide bonds. The van der Waals surface area contributed by atoms with Crippen molar-refractivity contribution < 1.29 is 28.6 Å². The van der Waals surface area contributed by atoms with E-state index in [4.69, 9.17) is 14.2 Å². The monoisotopic (exact) mass is 1140 g/mol. The highest BCUT2D eigenvalue weighted by molar-refractivity contribution is 5.71. The topological polar surface area (TPSA) is 78.9 Å². The molecule has 82 heavy (non-hydrogen) atoms. The van der Waals surface area contributed by atoms with Gasteiger partial charge in [-0.25, -0.2) is 0 Å². The zero-order valence-electron chi connectivity index (χ0n) is 54.5. The Kier molecular flexibility index (Phi) is 67.2. The molecule has 0 aliphatic rings. The summed E-state index contributed by atoms with van der Waals surface area (Å²) in [6.07, 6.45) is 93.3. The average Bonchev–Trinajstić information content (AvgIpc) is 3.47. The number of allylic oxidation sites excluding steroid dienone is 14. The van der Waals surface area contributed by atoms with Crippen molar-refractivity contribution in [3.63, 3.8) is 0 Å². The molecule has 0 aromatic rings. The number of ether oxygens (including phenoxy) is 3. The van der Waals surface area contributed by atoms with Crippen molar-refractivity contribution in [2.45, 2.75) is 367 Å². The molecule has 0 saturated heterocycles. The number of hydrogen-bond donors (Lipinski definition) is 0. The molecule has 0 N–H and O–H groups in total. The van der Waals surface area contributed by atoms with Gasteiger partial charge in [0.2, 0.25) is 0 Å². The van der Waals surface area contributed by atoms with E-state index in [0.29, 0.717) is 19.3 Å². The van der Waals surface area contributed by atoms with Crippen LogP contribution in [0.4, 0.5) is 0 Å². The minimum absolute atomic E-state index is 0.0764. The Labute approximate surface area is 509 Å². The Morgan fingerprint density at radius 1 is 0.256 bits per heavy atom. The van der Waals surface area contributed by atoms with Gasteiger partial charge in [-0.15, -0.1) is 0 Å². The Hall–Kier alpha value is -3.41. The maximum atomic E-state index is 12.9. The van der Waals surface area contributed by atoms with Gasteiger partial charge in [-0.3, -0.25) is 14.4 Å². The molecule has 0 aliphatic heterocycles. The molecule has 0 spiro atoms. The van der Waals surface area contributed by atoms with Gasteiger partial charge in [0.15, 0.2) is 6.10 Å². The van der Waals surface area contributed by atoms with Crippen LogP contribution >= 0.6 is 0 Å². The molecule has 0 fully saturated rings. The van der Waals surface area contributed by atoms with Crippen molar-refractivity contribution in [2.75, 3.05) is 13.2 Å². The number of carbonyl (C=O) groups excluding carboxylic acids is 3. The van der Waals surface area contributed by atoms with Crippen LogP contribution in [0.25, 0.3) is 0 Å². The van der Waals surface area contributed by atoms with E-state index in [-0.39, 0.29) is 31.1 Å². The summed E-state index contributed by atoms with van der Waals surface area (Å²) in [4.78, 5) is 38.4. The molecule has 0 heterocycles. The maximum absolute atomic E-state index is 12.9. The van der Waals surface area contributed by atoms with Gasteiger partial charge < -0.3 is 14.2 Å². The predicted octanol–water partition coefficient (Wildman–Crippen LogP) is 24.6. The van der Waals surface area contributed by atoms with Gasteiger partial charge in [-0.2, -0.15) is 0 Å². The maximum Gasteiger partial charge on any atom is 0.306 e. The van der Waals surface area contributed by atoms with Crippen LogP contribution in [0.5, 0.6) is 0 Å². The van der Waals surface area contributed by atoms with E-state index in [9.17, 15) is 14.4 Å². The third-order valence-electron chi connectivity index (χ3n) is 15.6. The molecule has 474 valence electrons. The Morgan fingerprint density at radius 2 is 0.476 bits per heavy atom. The van der Waals surface area contributed by atoms with Crippen LogP contribution in [0.2, 0.25) is 0 Å². The summed E-state index contributed by atoms with van der Waals surface area (Å²) < 4.78 is 17.0. The molecular formula is C76H134O6. The molecule has 0 aromatic carbocycles. The highest BCUT2D eigenvalue weighted by Crippen LogP contribution is 2.18. The standard InChI is InChI=1S/C76H134O6/c1-4-7-10-13-16-19-22-25-28-30-32-33-34-35-36-37-38-39-40-41-42-43-45-46-48-51-54-57-60-63-66-69-75(78)81-72-73(71-80-74(77)68-65-62-59-56-53-50-27-24-21-18-15-12-9-6-3)82-76(79)70-67-64-61-58-55-52-49-47-44-31-29-26-23-20-17-14-11-8-5-2/h7,10,16-17,19-20,25-26,28-29,32-33,44,47,73H,4-6,8-9,11-15,18,21-24,27,30-31,34-43,45-46,48-72H2,1-3H3/b10-7-,19-16-,20-17-,28-25-,29-26-,33-32-,47-44-. The second-order valence-electron chi connectivity index (χ2n) is 23.8. The first-order valence-corrected chi connectivity index (χ1v) is 35.6. The lowest BCUT2D eigenvalue weighted by molar-refractivity contribution is -0.167. The van der Waals surface area contributed by atoms with E-state index in [1.807, 2.05) is 0 Å². The third-order valence-corrected chi connectivity index (χ3v) is 15.6. The first kappa shape index (κ1) is 78.6. The van der Waals surface area contributed by atoms with Gasteiger partial charge >= 0.3 is 17.9 Å².